The van der Waals surface area contributed by atoms with E-state index >= 15 is 0 Å². The molecule has 26 heavy (non-hydrogen) atoms. The summed E-state index contributed by atoms with van der Waals surface area (Å²) in [4.78, 5) is 23.4. The van der Waals surface area contributed by atoms with Crippen LogP contribution in [-0.4, -0.2) is 44.6 Å². The Hall–Kier alpha value is -2.07. The normalized spacial score (nSPS) is 12.5. The number of ether oxygens (including phenoxy) is 1. The molecule has 0 radical (unpaired) electrons. The van der Waals surface area contributed by atoms with Gasteiger partial charge in [-0.3, -0.25) is 4.79 Å². The maximum absolute atomic E-state index is 12.1. The second-order valence-electron chi connectivity index (χ2n) is 7.66. The van der Waals surface area contributed by atoms with Gasteiger partial charge in [0.1, 0.15) is 5.60 Å². The Labute approximate surface area is 153 Å². The summed E-state index contributed by atoms with van der Waals surface area (Å²) in [6, 6.07) is 2.48. The van der Waals surface area contributed by atoms with Crippen LogP contribution in [0.4, 0.5) is 4.79 Å². The first-order chi connectivity index (χ1) is 11.7. The molecule has 0 spiro atoms. The van der Waals surface area contributed by atoms with Crippen molar-refractivity contribution in [3.8, 4) is 0 Å². The molecular formula is C16H27N3O6S. The Morgan fingerprint density at radius 3 is 2.15 bits per heavy atom. The molecule has 0 atom stereocenters. The number of hydrogen-bond donors (Lipinski definition) is 3. The smallest absolute Gasteiger partial charge is 0.407 e. The zero-order chi connectivity index (χ0) is 20.2. The molecule has 9 nitrogen and oxygen atoms in total. The fourth-order valence-corrected chi connectivity index (χ4v) is 3.14. The molecule has 0 fully saturated rings. The highest BCUT2D eigenvalue weighted by Crippen LogP contribution is 2.16. The van der Waals surface area contributed by atoms with Crippen LogP contribution in [0.2, 0.25) is 0 Å². The van der Waals surface area contributed by atoms with Crippen LogP contribution in [-0.2, 0) is 14.8 Å². The number of sulfonamides is 1. The molecule has 148 valence electrons. The summed E-state index contributed by atoms with van der Waals surface area (Å²) in [5.41, 5.74) is -1.29. The third-order valence-corrected chi connectivity index (χ3v) is 4.22. The Kier molecular flexibility index (Phi) is 6.83. The largest absolute Gasteiger partial charge is 0.444 e. The molecule has 2 amide bonds. The molecule has 0 aliphatic rings. The van der Waals surface area contributed by atoms with E-state index in [-0.39, 0.29) is 23.9 Å². The van der Waals surface area contributed by atoms with Gasteiger partial charge in [-0.1, -0.05) is 0 Å². The lowest BCUT2D eigenvalue weighted by Crippen LogP contribution is -2.40. The van der Waals surface area contributed by atoms with Gasteiger partial charge < -0.3 is 19.8 Å². The third kappa shape index (κ3) is 7.87. The maximum Gasteiger partial charge on any atom is 0.407 e. The van der Waals surface area contributed by atoms with Crippen LogP contribution >= 0.6 is 0 Å². The molecule has 0 unspecified atom stereocenters. The van der Waals surface area contributed by atoms with Crippen molar-refractivity contribution >= 4 is 22.0 Å². The Bertz CT molecular complexity index is 741. The average Bonchev–Trinajstić information content (AvgIpc) is 2.89. The number of rotatable bonds is 6. The Morgan fingerprint density at radius 2 is 1.62 bits per heavy atom. The van der Waals surface area contributed by atoms with Gasteiger partial charge in [0.2, 0.25) is 5.09 Å². The summed E-state index contributed by atoms with van der Waals surface area (Å²) in [7, 11) is -3.85. The van der Waals surface area contributed by atoms with E-state index in [2.05, 4.69) is 15.4 Å². The molecule has 0 bridgehead atoms. The molecule has 0 aliphatic carbocycles. The molecule has 10 heteroatoms. The summed E-state index contributed by atoms with van der Waals surface area (Å²) in [6.45, 7) is 10.6. The van der Waals surface area contributed by atoms with Gasteiger partial charge in [0, 0.05) is 18.6 Å². The summed E-state index contributed by atoms with van der Waals surface area (Å²) in [6.07, 6.45) is -0.591. The maximum atomic E-state index is 12.1. The van der Waals surface area contributed by atoms with Crippen LogP contribution in [0.25, 0.3) is 0 Å². The van der Waals surface area contributed by atoms with Gasteiger partial charge in [-0.15, -0.1) is 0 Å². The van der Waals surface area contributed by atoms with Crippen molar-refractivity contribution < 1.29 is 27.2 Å². The van der Waals surface area contributed by atoms with Crippen LogP contribution in [0.3, 0.4) is 0 Å². The number of carbonyl (C=O) groups is 2. The van der Waals surface area contributed by atoms with E-state index in [0.29, 0.717) is 0 Å². The van der Waals surface area contributed by atoms with E-state index < -0.39 is 33.2 Å². The van der Waals surface area contributed by atoms with E-state index in [4.69, 9.17) is 9.15 Å². The fourth-order valence-electron chi connectivity index (χ4n) is 1.78. The zero-order valence-corrected chi connectivity index (χ0v) is 16.7. The molecule has 0 saturated carbocycles. The monoisotopic (exact) mass is 389 g/mol. The van der Waals surface area contributed by atoms with Gasteiger partial charge >= 0.3 is 6.09 Å². The van der Waals surface area contributed by atoms with Gasteiger partial charge in [0.25, 0.3) is 15.9 Å². The Balaban J connectivity index is 2.53. The minimum absolute atomic E-state index is 0.126. The van der Waals surface area contributed by atoms with Crippen molar-refractivity contribution in [1.82, 2.24) is 15.4 Å². The van der Waals surface area contributed by atoms with Crippen LogP contribution in [0.1, 0.15) is 52.1 Å². The third-order valence-electron chi connectivity index (χ3n) is 2.59. The number of hydrogen-bond acceptors (Lipinski definition) is 6. The Morgan fingerprint density at radius 1 is 1.04 bits per heavy atom. The lowest BCUT2D eigenvalue weighted by atomic mass is 10.1. The second-order valence-corrected chi connectivity index (χ2v) is 9.27. The van der Waals surface area contributed by atoms with E-state index in [1.165, 1.54) is 12.1 Å². The zero-order valence-electron chi connectivity index (χ0n) is 15.9. The van der Waals surface area contributed by atoms with E-state index in [0.717, 1.165) is 0 Å². The lowest BCUT2D eigenvalue weighted by Gasteiger charge is -2.19. The number of nitrogens with one attached hydrogen (secondary N) is 3. The predicted octanol–water partition coefficient (Wildman–Crippen LogP) is 1.61. The lowest BCUT2D eigenvalue weighted by molar-refractivity contribution is 0.0526. The molecule has 0 saturated heterocycles. The molecule has 3 N–H and O–H groups in total. The van der Waals surface area contributed by atoms with Crippen LogP contribution in [0.5, 0.6) is 0 Å². The van der Waals surface area contributed by atoms with Crippen molar-refractivity contribution in [1.29, 1.82) is 0 Å². The topological polar surface area (TPSA) is 127 Å². The van der Waals surface area contributed by atoms with Gasteiger partial charge in [0.15, 0.2) is 5.76 Å². The van der Waals surface area contributed by atoms with Crippen molar-refractivity contribution in [2.45, 2.75) is 57.8 Å². The molecule has 1 aromatic rings. The molecule has 1 heterocycles. The molecule has 0 aromatic carbocycles. The summed E-state index contributed by atoms with van der Waals surface area (Å²) < 4.78 is 36.9. The van der Waals surface area contributed by atoms with Crippen LogP contribution < -0.4 is 15.4 Å². The first kappa shape index (κ1) is 22.0. The molecule has 1 aromatic heterocycles. The highest BCUT2D eigenvalue weighted by Gasteiger charge is 2.26. The van der Waals surface area contributed by atoms with Crippen molar-refractivity contribution in [2.75, 3.05) is 13.1 Å². The van der Waals surface area contributed by atoms with Crippen molar-refractivity contribution in [2.24, 2.45) is 0 Å². The van der Waals surface area contributed by atoms with Gasteiger partial charge in [-0.05, 0) is 53.7 Å². The number of amides is 2. The van der Waals surface area contributed by atoms with Crippen LogP contribution in [0.15, 0.2) is 21.6 Å². The summed E-state index contributed by atoms with van der Waals surface area (Å²) in [5.74, 6) is -0.732. The number of carbonyl (C=O) groups excluding carboxylic acids is 2. The minimum Gasteiger partial charge on any atom is -0.444 e. The van der Waals surface area contributed by atoms with Gasteiger partial charge in [0.05, 0.1) is 0 Å². The standard InChI is InChI=1S/C16H27N3O6S/c1-15(2,3)19-26(22,23)12-8-7-11(24-12)13(20)17-9-10-18-14(21)25-16(4,5)6/h7-8,19H,9-10H2,1-6H3,(H,17,20)(H,18,21). The molecule has 1 rings (SSSR count). The highest BCUT2D eigenvalue weighted by molar-refractivity contribution is 7.89. The van der Waals surface area contributed by atoms with E-state index in [1.807, 2.05) is 0 Å². The second kappa shape index (κ2) is 8.09. The van der Waals surface area contributed by atoms with Gasteiger partial charge in [-0.25, -0.2) is 17.9 Å². The van der Waals surface area contributed by atoms with Crippen LogP contribution in [0, 0.1) is 0 Å². The number of alkyl carbamates (subject to hydrolysis) is 1. The van der Waals surface area contributed by atoms with Gasteiger partial charge in [-0.2, -0.15) is 0 Å². The molecular weight excluding hydrogens is 362 g/mol. The average molecular weight is 389 g/mol. The van der Waals surface area contributed by atoms with E-state index in [9.17, 15) is 18.0 Å². The van der Waals surface area contributed by atoms with Crippen molar-refractivity contribution in [3.63, 3.8) is 0 Å². The van der Waals surface area contributed by atoms with Crippen molar-refractivity contribution in [3.05, 3.63) is 17.9 Å². The quantitative estimate of drug-likeness (QED) is 0.635. The SMILES string of the molecule is CC(C)(C)NS(=O)(=O)c1ccc(C(=O)NCCNC(=O)OC(C)(C)C)o1. The summed E-state index contributed by atoms with van der Waals surface area (Å²) in [5, 5.41) is 4.66. The highest BCUT2D eigenvalue weighted by atomic mass is 32.2. The molecule has 0 aliphatic heterocycles. The first-order valence-corrected chi connectivity index (χ1v) is 9.57. The summed E-state index contributed by atoms with van der Waals surface area (Å²) >= 11 is 0. The number of furan rings is 1. The fraction of sp³-hybridized carbons (Fsp3) is 0.625. The predicted molar refractivity (Wildman–Crippen MR) is 95.4 cm³/mol. The first-order valence-electron chi connectivity index (χ1n) is 8.08. The minimum atomic E-state index is -3.85. The van der Waals surface area contributed by atoms with E-state index in [1.54, 1.807) is 41.5 Å².